The standard InChI is InChI=1S/C17H24N2O3/c1-13-12-15(13)16-4-2-14(22-16)3-5-17(20)18-6-7-19-8-10-21-11-9-19/h2-5,13,15H,6-12H2,1H3,(H,18,20)/b5-3+. The lowest BCUT2D eigenvalue weighted by Gasteiger charge is -2.26. The number of hydrogen-bond donors (Lipinski definition) is 1. The van der Waals surface area contributed by atoms with Crippen molar-refractivity contribution in [1.29, 1.82) is 0 Å². The Labute approximate surface area is 131 Å². The second-order valence-electron chi connectivity index (χ2n) is 6.14. The molecule has 0 radical (unpaired) electrons. The summed E-state index contributed by atoms with van der Waals surface area (Å²) in [6.45, 7) is 7.22. The molecule has 1 aliphatic carbocycles. The molecule has 1 aromatic heterocycles. The summed E-state index contributed by atoms with van der Waals surface area (Å²) in [5.74, 6) is 3.01. The van der Waals surface area contributed by atoms with Crippen molar-refractivity contribution in [2.75, 3.05) is 39.4 Å². The van der Waals surface area contributed by atoms with E-state index in [1.165, 1.54) is 12.5 Å². The van der Waals surface area contributed by atoms with Crippen LogP contribution in [0.2, 0.25) is 0 Å². The van der Waals surface area contributed by atoms with Crippen LogP contribution in [0.25, 0.3) is 6.08 Å². The maximum Gasteiger partial charge on any atom is 0.244 e. The van der Waals surface area contributed by atoms with E-state index in [9.17, 15) is 4.79 Å². The molecule has 1 amide bonds. The summed E-state index contributed by atoms with van der Waals surface area (Å²) in [5, 5.41) is 2.90. The van der Waals surface area contributed by atoms with Gasteiger partial charge >= 0.3 is 0 Å². The fourth-order valence-corrected chi connectivity index (χ4v) is 2.75. The number of carbonyl (C=O) groups excluding carboxylic acids is 1. The highest BCUT2D eigenvalue weighted by molar-refractivity contribution is 5.91. The number of furan rings is 1. The summed E-state index contributed by atoms with van der Waals surface area (Å²) in [7, 11) is 0. The predicted molar refractivity (Wildman–Crippen MR) is 84.5 cm³/mol. The van der Waals surface area contributed by atoms with Gasteiger partial charge in [-0.05, 0) is 30.5 Å². The Kier molecular flexibility index (Phi) is 4.95. The minimum Gasteiger partial charge on any atom is -0.461 e. The maximum absolute atomic E-state index is 11.8. The molecular formula is C17H24N2O3. The molecule has 1 saturated carbocycles. The molecule has 22 heavy (non-hydrogen) atoms. The van der Waals surface area contributed by atoms with Crippen LogP contribution in [-0.4, -0.2) is 50.2 Å². The van der Waals surface area contributed by atoms with Crippen molar-refractivity contribution >= 4 is 12.0 Å². The Morgan fingerprint density at radius 2 is 2.18 bits per heavy atom. The highest BCUT2D eigenvalue weighted by Crippen LogP contribution is 2.47. The zero-order chi connectivity index (χ0) is 15.4. The Bertz CT molecular complexity index is 532. The Morgan fingerprint density at radius 3 is 2.91 bits per heavy atom. The predicted octanol–water partition coefficient (Wildman–Crippen LogP) is 1.86. The van der Waals surface area contributed by atoms with Crippen molar-refractivity contribution in [2.24, 2.45) is 5.92 Å². The summed E-state index contributed by atoms with van der Waals surface area (Å²) in [4.78, 5) is 14.1. The molecule has 2 aliphatic rings. The number of amides is 1. The fraction of sp³-hybridized carbons (Fsp3) is 0.588. The van der Waals surface area contributed by atoms with Crippen molar-refractivity contribution in [3.8, 4) is 0 Å². The van der Waals surface area contributed by atoms with Crippen molar-refractivity contribution in [3.05, 3.63) is 29.7 Å². The molecule has 1 aliphatic heterocycles. The van der Waals surface area contributed by atoms with E-state index in [-0.39, 0.29) is 5.91 Å². The highest BCUT2D eigenvalue weighted by Gasteiger charge is 2.36. The van der Waals surface area contributed by atoms with Crippen LogP contribution in [0, 0.1) is 5.92 Å². The summed E-state index contributed by atoms with van der Waals surface area (Å²) < 4.78 is 11.0. The van der Waals surface area contributed by atoms with Gasteiger partial charge in [-0.2, -0.15) is 0 Å². The molecule has 3 rings (SSSR count). The first-order chi connectivity index (χ1) is 10.7. The third-order valence-corrected chi connectivity index (χ3v) is 4.35. The van der Waals surface area contributed by atoms with Crippen LogP contribution in [0.15, 0.2) is 22.6 Å². The van der Waals surface area contributed by atoms with E-state index in [0.29, 0.717) is 12.5 Å². The van der Waals surface area contributed by atoms with Gasteiger partial charge in [-0.1, -0.05) is 6.92 Å². The van der Waals surface area contributed by atoms with E-state index in [0.717, 1.165) is 50.3 Å². The summed E-state index contributed by atoms with van der Waals surface area (Å²) in [6.07, 6.45) is 4.48. The van der Waals surface area contributed by atoms with Crippen LogP contribution in [0.1, 0.15) is 30.8 Å². The van der Waals surface area contributed by atoms with Crippen LogP contribution in [0.5, 0.6) is 0 Å². The number of morpholine rings is 1. The van der Waals surface area contributed by atoms with E-state index in [1.54, 1.807) is 6.08 Å². The molecule has 1 N–H and O–H groups in total. The van der Waals surface area contributed by atoms with Gasteiger partial charge < -0.3 is 14.5 Å². The van der Waals surface area contributed by atoms with Crippen LogP contribution < -0.4 is 5.32 Å². The molecule has 1 saturated heterocycles. The molecular weight excluding hydrogens is 280 g/mol. The first-order valence-corrected chi connectivity index (χ1v) is 8.08. The van der Waals surface area contributed by atoms with Crippen LogP contribution in [-0.2, 0) is 9.53 Å². The van der Waals surface area contributed by atoms with Crippen molar-refractivity contribution in [2.45, 2.75) is 19.3 Å². The Balaban J connectivity index is 1.38. The lowest BCUT2D eigenvalue weighted by Crippen LogP contribution is -2.41. The van der Waals surface area contributed by atoms with Crippen molar-refractivity contribution in [1.82, 2.24) is 10.2 Å². The van der Waals surface area contributed by atoms with Gasteiger partial charge in [0, 0.05) is 38.2 Å². The van der Waals surface area contributed by atoms with E-state index >= 15 is 0 Å². The minimum absolute atomic E-state index is 0.0778. The van der Waals surface area contributed by atoms with E-state index in [2.05, 4.69) is 17.1 Å². The second-order valence-corrected chi connectivity index (χ2v) is 6.14. The molecule has 120 valence electrons. The number of carbonyl (C=O) groups is 1. The lowest BCUT2D eigenvalue weighted by molar-refractivity contribution is -0.116. The van der Waals surface area contributed by atoms with Gasteiger partial charge in [0.05, 0.1) is 13.2 Å². The SMILES string of the molecule is CC1CC1c1ccc(/C=C/C(=O)NCCN2CCOCC2)o1. The molecule has 0 bridgehead atoms. The Hall–Kier alpha value is -1.59. The average molecular weight is 304 g/mol. The molecule has 2 atom stereocenters. The second kappa shape index (κ2) is 7.11. The molecule has 2 heterocycles. The number of nitrogens with one attached hydrogen (secondary N) is 1. The molecule has 0 spiro atoms. The number of hydrogen-bond acceptors (Lipinski definition) is 4. The van der Waals surface area contributed by atoms with Crippen molar-refractivity contribution in [3.63, 3.8) is 0 Å². The number of rotatable bonds is 6. The first-order valence-electron chi connectivity index (χ1n) is 8.08. The molecule has 5 nitrogen and oxygen atoms in total. The van der Waals surface area contributed by atoms with Gasteiger partial charge in [0.15, 0.2) is 0 Å². The molecule has 2 unspecified atom stereocenters. The maximum atomic E-state index is 11.8. The lowest BCUT2D eigenvalue weighted by atomic mass is 10.3. The van der Waals surface area contributed by atoms with E-state index in [4.69, 9.17) is 9.15 Å². The largest absolute Gasteiger partial charge is 0.461 e. The normalized spacial score (nSPS) is 25.5. The summed E-state index contributed by atoms with van der Waals surface area (Å²) in [6, 6.07) is 3.95. The fourth-order valence-electron chi connectivity index (χ4n) is 2.75. The van der Waals surface area contributed by atoms with Crippen LogP contribution >= 0.6 is 0 Å². The Morgan fingerprint density at radius 1 is 1.41 bits per heavy atom. The zero-order valence-electron chi connectivity index (χ0n) is 13.1. The van der Waals surface area contributed by atoms with Gasteiger partial charge in [0.1, 0.15) is 11.5 Å². The molecule has 2 fully saturated rings. The monoisotopic (exact) mass is 304 g/mol. The van der Waals surface area contributed by atoms with E-state index < -0.39 is 0 Å². The highest BCUT2D eigenvalue weighted by atomic mass is 16.5. The molecule has 1 aromatic rings. The number of ether oxygens (including phenoxy) is 1. The smallest absolute Gasteiger partial charge is 0.244 e. The third-order valence-electron chi connectivity index (χ3n) is 4.35. The summed E-state index contributed by atoms with van der Waals surface area (Å²) in [5.41, 5.74) is 0. The quantitative estimate of drug-likeness (QED) is 0.815. The van der Waals surface area contributed by atoms with Gasteiger partial charge in [-0.25, -0.2) is 0 Å². The average Bonchev–Trinajstić information content (AvgIpc) is 3.08. The topological polar surface area (TPSA) is 54.7 Å². The van der Waals surface area contributed by atoms with Gasteiger partial charge in [-0.3, -0.25) is 9.69 Å². The summed E-state index contributed by atoms with van der Waals surface area (Å²) >= 11 is 0. The van der Waals surface area contributed by atoms with Crippen LogP contribution in [0.4, 0.5) is 0 Å². The van der Waals surface area contributed by atoms with Gasteiger partial charge in [0.25, 0.3) is 0 Å². The van der Waals surface area contributed by atoms with Gasteiger partial charge in [-0.15, -0.1) is 0 Å². The third kappa shape index (κ3) is 4.21. The molecule has 5 heteroatoms. The molecule has 0 aromatic carbocycles. The van der Waals surface area contributed by atoms with E-state index in [1.807, 2.05) is 12.1 Å². The zero-order valence-corrected chi connectivity index (χ0v) is 13.1. The first kappa shape index (κ1) is 15.3. The number of nitrogens with zero attached hydrogens (tertiary/aromatic N) is 1. The van der Waals surface area contributed by atoms with Crippen molar-refractivity contribution < 1.29 is 13.9 Å². The van der Waals surface area contributed by atoms with Crippen LogP contribution in [0.3, 0.4) is 0 Å². The van der Waals surface area contributed by atoms with Gasteiger partial charge in [0.2, 0.25) is 5.91 Å². The minimum atomic E-state index is -0.0778.